The van der Waals surface area contributed by atoms with E-state index < -0.39 is 8.07 Å². The van der Waals surface area contributed by atoms with Crippen molar-refractivity contribution in [3.05, 3.63) is 157 Å². The first-order chi connectivity index (χ1) is 28.9. The number of phenols is 1. The van der Waals surface area contributed by atoms with Gasteiger partial charge in [0.15, 0.2) is 11.4 Å². The van der Waals surface area contributed by atoms with Gasteiger partial charge < -0.3 is 9.52 Å². The molecule has 0 fully saturated rings. The summed E-state index contributed by atoms with van der Waals surface area (Å²) in [6, 6.07) is 49.8. The Morgan fingerprint density at radius 1 is 0.705 bits per heavy atom. The zero-order valence-corrected chi connectivity index (χ0v) is 38.0. The van der Waals surface area contributed by atoms with Crippen molar-refractivity contribution < 1.29 is 30.6 Å². The van der Waals surface area contributed by atoms with Crippen LogP contribution in [0.15, 0.2) is 150 Å². The Bertz CT molecular complexity index is 3250. The van der Waals surface area contributed by atoms with Crippen LogP contribution in [0.1, 0.15) is 26.3 Å². The predicted octanol–water partition coefficient (Wildman–Crippen LogP) is 11.9. The van der Waals surface area contributed by atoms with E-state index in [0.29, 0.717) is 28.2 Å². The van der Waals surface area contributed by atoms with E-state index in [0.717, 1.165) is 66.9 Å². The number of phenolic OH excluding ortho intramolecular Hbond substituents is 1. The second-order valence-electron chi connectivity index (χ2n) is 17.4. The Labute approximate surface area is 369 Å². The summed E-state index contributed by atoms with van der Waals surface area (Å²) in [5, 5.41) is 21.5. The Morgan fingerprint density at radius 3 is 2.18 bits per heavy atom. The number of hydrogen-bond acceptors (Lipinski definition) is 6. The summed E-state index contributed by atoms with van der Waals surface area (Å²) < 4.78 is 10.2. The van der Waals surface area contributed by atoms with Crippen molar-refractivity contribution in [2.45, 2.75) is 45.8 Å². The van der Waals surface area contributed by atoms with Gasteiger partial charge in [-0.3, -0.25) is 9.55 Å². The van der Waals surface area contributed by atoms with Gasteiger partial charge in [0.05, 0.1) is 24.8 Å². The Balaban J connectivity index is 0.00000476. The van der Waals surface area contributed by atoms with E-state index in [1.165, 1.54) is 5.19 Å². The topological polar surface area (TPSA) is 94.3 Å². The van der Waals surface area contributed by atoms with Gasteiger partial charge in [-0.2, -0.15) is 4.52 Å². The van der Waals surface area contributed by atoms with Gasteiger partial charge in [-0.1, -0.05) is 153 Å². The van der Waals surface area contributed by atoms with Gasteiger partial charge in [0.25, 0.3) is 0 Å². The molecule has 6 aromatic carbocycles. The smallest absolute Gasteiger partial charge is 0.243 e. The quantitative estimate of drug-likeness (QED) is 0.126. The Morgan fingerprint density at radius 2 is 1.44 bits per heavy atom. The molecular formula is C51H43N6O2PtSi-. The average molecular weight is 995 g/mol. The third-order valence-corrected chi connectivity index (χ3v) is 13.4. The first-order valence-electron chi connectivity index (χ1n) is 20.2. The molecular weight excluding hydrogens is 952 g/mol. The first kappa shape index (κ1) is 40.0. The molecule has 304 valence electrons. The molecule has 0 amide bonds. The van der Waals surface area contributed by atoms with E-state index in [9.17, 15) is 5.11 Å². The minimum atomic E-state index is -1.73. The van der Waals surface area contributed by atoms with Crippen LogP contribution in [-0.4, -0.2) is 42.5 Å². The number of pyridine rings is 1. The van der Waals surface area contributed by atoms with Crippen molar-refractivity contribution in [1.82, 2.24) is 29.4 Å². The largest absolute Gasteiger partial charge is 0.507 e. The second-order valence-corrected chi connectivity index (χ2v) is 22.5. The molecule has 0 unspecified atom stereocenters. The van der Waals surface area contributed by atoms with E-state index in [1.54, 1.807) is 22.8 Å². The molecule has 0 saturated heterocycles. The van der Waals surface area contributed by atoms with Gasteiger partial charge in [0, 0.05) is 38.5 Å². The van der Waals surface area contributed by atoms with Crippen molar-refractivity contribution in [3.63, 3.8) is 0 Å². The standard InChI is InChI=1S/C51H43N6O2Si.Pt/c1-51(2,3)37-27-35(26-36(28-37)41-29-34(24-25-52-41)32-14-9-7-10-15-32)39-18-13-19-43-48(39)54-50(47-45(58)23-22-44-49(47)59-46-31-53-55-57(44)46)56(43)42-21-20-38(60(4,5)6)30-40(42)33-16-11-8-12-17-33;/h7-25,27-31,58H,1-6H3;/q-1;. The van der Waals surface area contributed by atoms with Gasteiger partial charge in [-0.15, -0.1) is 34.4 Å². The predicted molar refractivity (Wildman–Crippen MR) is 245 cm³/mol. The summed E-state index contributed by atoms with van der Waals surface area (Å²) in [5.41, 5.74) is 13.5. The van der Waals surface area contributed by atoms with Gasteiger partial charge in [-0.05, 0) is 52.4 Å². The molecule has 0 aliphatic heterocycles. The van der Waals surface area contributed by atoms with Crippen molar-refractivity contribution in [2.24, 2.45) is 0 Å². The summed E-state index contributed by atoms with van der Waals surface area (Å²) in [5.74, 6) is 0.575. The van der Waals surface area contributed by atoms with E-state index in [4.69, 9.17) is 14.4 Å². The summed E-state index contributed by atoms with van der Waals surface area (Å²) in [4.78, 5) is 10.4. The molecule has 0 spiro atoms. The molecule has 61 heavy (non-hydrogen) atoms. The van der Waals surface area contributed by atoms with Crippen LogP contribution < -0.4 is 5.19 Å². The molecule has 0 aliphatic carbocycles. The number of aromatic nitrogens is 6. The number of nitrogens with zero attached hydrogens (tertiary/aromatic N) is 6. The maximum Gasteiger partial charge on any atom is 0.243 e. The molecule has 10 heteroatoms. The molecule has 0 bridgehead atoms. The monoisotopic (exact) mass is 994 g/mol. The molecule has 0 atom stereocenters. The van der Waals surface area contributed by atoms with Crippen LogP contribution in [0.3, 0.4) is 0 Å². The average Bonchev–Trinajstić information content (AvgIpc) is 3.97. The minimum absolute atomic E-state index is 0. The summed E-state index contributed by atoms with van der Waals surface area (Å²) in [6.45, 7) is 13.8. The maximum atomic E-state index is 11.9. The molecule has 4 heterocycles. The van der Waals surface area contributed by atoms with Crippen LogP contribution in [0, 0.1) is 6.07 Å². The number of aromatic hydroxyl groups is 1. The maximum absolute atomic E-state index is 11.9. The fourth-order valence-corrected chi connectivity index (χ4v) is 9.22. The van der Waals surface area contributed by atoms with Crippen molar-refractivity contribution in [2.75, 3.05) is 0 Å². The van der Waals surface area contributed by atoms with E-state index in [-0.39, 0.29) is 32.2 Å². The van der Waals surface area contributed by atoms with Crippen LogP contribution in [-0.2, 0) is 26.5 Å². The van der Waals surface area contributed by atoms with Crippen LogP contribution >= 0.6 is 0 Å². The number of para-hydroxylation sites is 1. The molecule has 10 aromatic rings. The third kappa shape index (κ3) is 7.11. The van der Waals surface area contributed by atoms with Crippen molar-refractivity contribution in [1.29, 1.82) is 0 Å². The number of hydrogen-bond donors (Lipinski definition) is 1. The second kappa shape index (κ2) is 15.2. The zero-order valence-electron chi connectivity index (χ0n) is 34.7. The van der Waals surface area contributed by atoms with Crippen LogP contribution in [0.2, 0.25) is 19.6 Å². The minimum Gasteiger partial charge on any atom is -0.507 e. The van der Waals surface area contributed by atoms with Crippen LogP contribution in [0.4, 0.5) is 0 Å². The fraction of sp³-hybridized carbons (Fsp3) is 0.137. The molecule has 8 nitrogen and oxygen atoms in total. The molecule has 0 aliphatic rings. The number of imidazole rings is 1. The van der Waals surface area contributed by atoms with Gasteiger partial charge in [0.1, 0.15) is 23.0 Å². The van der Waals surface area contributed by atoms with Gasteiger partial charge >= 0.3 is 0 Å². The zero-order chi connectivity index (χ0) is 41.3. The number of fused-ring (bicyclic) bond motifs is 4. The van der Waals surface area contributed by atoms with Gasteiger partial charge in [0.2, 0.25) is 5.71 Å². The SMILES string of the molecule is CC(C)(C)c1cc(-c2cc(-c3ccccc3)ccn2)[c-]c(-c2cccc3c2nc(-c2c(O)ccc4c2oc2cnnn24)n3-c2ccc([Si](C)(C)C)cc2-c2ccccc2)c1.[Pt]. The molecule has 0 radical (unpaired) electrons. The summed E-state index contributed by atoms with van der Waals surface area (Å²) in [7, 11) is -1.73. The Kier molecular flexibility index (Phi) is 10.0. The summed E-state index contributed by atoms with van der Waals surface area (Å²) >= 11 is 0. The number of benzene rings is 6. The van der Waals surface area contributed by atoms with Crippen LogP contribution in [0.5, 0.6) is 5.75 Å². The normalized spacial score (nSPS) is 12.0. The molecule has 10 rings (SSSR count). The molecule has 1 N–H and O–H groups in total. The molecule has 0 saturated carbocycles. The van der Waals surface area contributed by atoms with Gasteiger partial charge in [-0.25, -0.2) is 4.98 Å². The first-order valence-corrected chi connectivity index (χ1v) is 23.7. The van der Waals surface area contributed by atoms with E-state index >= 15 is 0 Å². The van der Waals surface area contributed by atoms with Crippen molar-refractivity contribution >= 4 is 41.1 Å². The number of rotatable bonds is 7. The van der Waals surface area contributed by atoms with E-state index in [2.05, 4.69) is 164 Å². The van der Waals surface area contributed by atoms with Crippen molar-refractivity contribution in [3.8, 4) is 67.5 Å². The summed E-state index contributed by atoms with van der Waals surface area (Å²) in [6.07, 6.45) is 3.45. The fourth-order valence-electron chi connectivity index (χ4n) is 8.06. The Hall–Kier alpha value is -6.41. The molecule has 4 aromatic heterocycles. The van der Waals surface area contributed by atoms with Crippen LogP contribution in [0.25, 0.3) is 89.6 Å². The van der Waals surface area contributed by atoms with E-state index in [1.807, 2.05) is 24.4 Å². The number of oxazole rings is 1. The third-order valence-electron chi connectivity index (χ3n) is 11.3.